The van der Waals surface area contributed by atoms with Crippen LogP contribution in [0.4, 0.5) is 11.5 Å². The van der Waals surface area contributed by atoms with E-state index in [1.165, 1.54) is 38.5 Å². The van der Waals surface area contributed by atoms with Crippen LogP contribution in [-0.2, 0) is 4.79 Å². The number of nitrogens with zero attached hydrogens (tertiary/aromatic N) is 1. The zero-order chi connectivity index (χ0) is 18.9. The van der Waals surface area contributed by atoms with E-state index in [0.717, 1.165) is 5.82 Å². The highest BCUT2D eigenvalue weighted by molar-refractivity contribution is 5.91. The number of carbonyl (C=O) groups excluding carboxylic acids is 1. The second kappa shape index (κ2) is 9.80. The van der Waals surface area contributed by atoms with Gasteiger partial charge in [0.15, 0.2) is 18.1 Å². The van der Waals surface area contributed by atoms with Crippen molar-refractivity contribution in [2.24, 2.45) is 0 Å². The minimum atomic E-state index is -0.243. The van der Waals surface area contributed by atoms with Crippen molar-refractivity contribution >= 4 is 17.4 Å². The number of nitrogens with one attached hydrogen (secondary N) is 2. The lowest BCUT2D eigenvalue weighted by atomic mass is 10.1. The van der Waals surface area contributed by atoms with E-state index in [0.29, 0.717) is 23.2 Å². The van der Waals surface area contributed by atoms with Crippen LogP contribution in [0.5, 0.6) is 11.5 Å². The Morgan fingerprint density at radius 1 is 1.07 bits per heavy atom. The molecular weight excluding hydrogens is 342 g/mol. The zero-order valence-electron chi connectivity index (χ0n) is 15.7. The van der Waals surface area contributed by atoms with Gasteiger partial charge in [0, 0.05) is 6.04 Å². The predicted octanol–water partition coefficient (Wildman–Crippen LogP) is 4.24. The highest BCUT2D eigenvalue weighted by Gasteiger charge is 2.12. The van der Waals surface area contributed by atoms with E-state index in [1.807, 2.05) is 24.3 Å². The first kappa shape index (κ1) is 19.0. The van der Waals surface area contributed by atoms with Gasteiger partial charge in [-0.3, -0.25) is 4.79 Å². The van der Waals surface area contributed by atoms with E-state index in [-0.39, 0.29) is 12.5 Å². The Kier molecular flexibility index (Phi) is 6.90. The molecule has 1 aromatic heterocycles. The normalized spacial score (nSPS) is 14.9. The van der Waals surface area contributed by atoms with E-state index >= 15 is 0 Å². The summed E-state index contributed by atoms with van der Waals surface area (Å²) < 4.78 is 10.7. The minimum absolute atomic E-state index is 0.0948. The molecule has 3 rings (SSSR count). The number of benzene rings is 1. The summed E-state index contributed by atoms with van der Waals surface area (Å²) in [4.78, 5) is 16.5. The molecule has 0 spiro atoms. The molecule has 1 saturated carbocycles. The van der Waals surface area contributed by atoms with Crippen molar-refractivity contribution < 1.29 is 14.3 Å². The van der Waals surface area contributed by atoms with Gasteiger partial charge >= 0.3 is 0 Å². The fraction of sp³-hybridized carbons (Fsp3) is 0.429. The van der Waals surface area contributed by atoms with Crippen molar-refractivity contribution in [1.82, 2.24) is 4.98 Å². The molecule has 0 radical (unpaired) electrons. The molecule has 1 aliphatic rings. The van der Waals surface area contributed by atoms with Crippen LogP contribution in [-0.4, -0.2) is 30.6 Å². The van der Waals surface area contributed by atoms with Crippen LogP contribution in [0, 0.1) is 0 Å². The minimum Gasteiger partial charge on any atom is -0.493 e. The fourth-order valence-electron chi connectivity index (χ4n) is 3.26. The number of rotatable bonds is 7. The molecule has 0 aliphatic heterocycles. The zero-order valence-corrected chi connectivity index (χ0v) is 15.7. The van der Waals surface area contributed by atoms with Crippen LogP contribution in [0.2, 0.25) is 0 Å². The Morgan fingerprint density at radius 2 is 1.81 bits per heavy atom. The average molecular weight is 369 g/mol. The van der Waals surface area contributed by atoms with Crippen LogP contribution in [0.3, 0.4) is 0 Å². The van der Waals surface area contributed by atoms with E-state index in [4.69, 9.17) is 9.47 Å². The second-order valence-corrected chi connectivity index (χ2v) is 6.75. The molecule has 6 heteroatoms. The maximum atomic E-state index is 12.1. The van der Waals surface area contributed by atoms with Gasteiger partial charge in [-0.05, 0) is 37.1 Å². The Labute approximate surface area is 160 Å². The van der Waals surface area contributed by atoms with Crippen LogP contribution in [0.1, 0.15) is 38.5 Å². The van der Waals surface area contributed by atoms with Gasteiger partial charge in [-0.2, -0.15) is 0 Å². The summed E-state index contributed by atoms with van der Waals surface area (Å²) in [5.74, 6) is 1.74. The lowest BCUT2D eigenvalue weighted by Crippen LogP contribution is -2.21. The van der Waals surface area contributed by atoms with Crippen molar-refractivity contribution in [3.8, 4) is 11.5 Å². The summed E-state index contributed by atoms with van der Waals surface area (Å²) in [6.07, 6.45) is 9.26. The third kappa shape index (κ3) is 5.88. The van der Waals surface area contributed by atoms with Gasteiger partial charge in [-0.1, -0.05) is 37.8 Å². The Hall–Kier alpha value is -2.76. The first-order chi connectivity index (χ1) is 13.2. The Balaban J connectivity index is 1.48. The summed E-state index contributed by atoms with van der Waals surface area (Å²) in [7, 11) is 1.57. The van der Waals surface area contributed by atoms with E-state index < -0.39 is 0 Å². The third-order valence-electron chi connectivity index (χ3n) is 4.68. The summed E-state index contributed by atoms with van der Waals surface area (Å²) in [6, 6.07) is 11.5. The number of para-hydroxylation sites is 2. The highest BCUT2D eigenvalue weighted by Crippen LogP contribution is 2.25. The lowest BCUT2D eigenvalue weighted by molar-refractivity contribution is -0.118. The number of anilines is 2. The molecule has 2 N–H and O–H groups in total. The molecule has 0 unspecified atom stereocenters. The number of pyridine rings is 1. The molecule has 27 heavy (non-hydrogen) atoms. The topological polar surface area (TPSA) is 72.5 Å². The number of methoxy groups -OCH3 is 1. The molecule has 1 aromatic carbocycles. The molecular formula is C21H27N3O3. The number of amides is 1. The highest BCUT2D eigenvalue weighted by atomic mass is 16.5. The van der Waals surface area contributed by atoms with Gasteiger partial charge in [-0.25, -0.2) is 4.98 Å². The maximum absolute atomic E-state index is 12.1. The van der Waals surface area contributed by atoms with Gasteiger partial charge in [0.2, 0.25) is 0 Å². The van der Waals surface area contributed by atoms with Gasteiger partial charge in [0.1, 0.15) is 5.82 Å². The summed E-state index contributed by atoms with van der Waals surface area (Å²) in [5.41, 5.74) is 0.648. The number of aromatic nitrogens is 1. The monoisotopic (exact) mass is 369 g/mol. The molecule has 1 amide bonds. The van der Waals surface area contributed by atoms with Crippen LogP contribution in [0.15, 0.2) is 42.6 Å². The average Bonchev–Trinajstić information content (AvgIpc) is 2.97. The fourth-order valence-corrected chi connectivity index (χ4v) is 3.26. The first-order valence-electron chi connectivity index (χ1n) is 9.53. The van der Waals surface area contributed by atoms with E-state index in [1.54, 1.807) is 25.4 Å². The largest absolute Gasteiger partial charge is 0.493 e. The predicted molar refractivity (Wildman–Crippen MR) is 106 cm³/mol. The molecule has 2 aromatic rings. The molecule has 0 saturated heterocycles. The van der Waals surface area contributed by atoms with Crippen molar-refractivity contribution in [2.45, 2.75) is 44.6 Å². The SMILES string of the molecule is COc1ccccc1OCC(=O)Nc1ccc(NC2CCCCCC2)nc1. The first-order valence-corrected chi connectivity index (χ1v) is 9.53. The molecule has 0 bridgehead atoms. The van der Waals surface area contributed by atoms with Crippen molar-refractivity contribution in [1.29, 1.82) is 0 Å². The van der Waals surface area contributed by atoms with Crippen molar-refractivity contribution in [3.05, 3.63) is 42.6 Å². The quantitative estimate of drug-likeness (QED) is 0.714. The van der Waals surface area contributed by atoms with Gasteiger partial charge in [0.25, 0.3) is 5.91 Å². The van der Waals surface area contributed by atoms with Crippen molar-refractivity contribution in [3.63, 3.8) is 0 Å². The Bertz CT molecular complexity index is 726. The van der Waals surface area contributed by atoms with Crippen LogP contribution >= 0.6 is 0 Å². The Morgan fingerprint density at radius 3 is 2.48 bits per heavy atom. The van der Waals surface area contributed by atoms with E-state index in [2.05, 4.69) is 15.6 Å². The van der Waals surface area contributed by atoms with Gasteiger partial charge < -0.3 is 20.1 Å². The summed E-state index contributed by atoms with van der Waals surface area (Å²) in [5, 5.41) is 6.29. The number of hydrogen-bond donors (Lipinski definition) is 2. The van der Waals surface area contributed by atoms with Crippen molar-refractivity contribution in [2.75, 3.05) is 24.4 Å². The smallest absolute Gasteiger partial charge is 0.262 e. The number of ether oxygens (including phenoxy) is 2. The lowest BCUT2D eigenvalue weighted by Gasteiger charge is -2.17. The number of hydrogen-bond acceptors (Lipinski definition) is 5. The molecule has 1 heterocycles. The third-order valence-corrected chi connectivity index (χ3v) is 4.68. The standard InChI is InChI=1S/C21H27N3O3/c1-26-18-10-6-7-11-19(18)27-15-21(25)24-17-12-13-20(22-14-17)23-16-8-4-2-3-5-9-16/h6-7,10-14,16H,2-5,8-9,15H2,1H3,(H,22,23)(H,24,25). The molecule has 0 atom stereocenters. The van der Waals surface area contributed by atoms with Gasteiger partial charge in [0.05, 0.1) is 19.0 Å². The van der Waals surface area contributed by atoms with Crippen LogP contribution < -0.4 is 20.1 Å². The molecule has 144 valence electrons. The maximum Gasteiger partial charge on any atom is 0.262 e. The number of carbonyl (C=O) groups is 1. The second-order valence-electron chi connectivity index (χ2n) is 6.75. The summed E-state index contributed by atoms with van der Waals surface area (Å²) in [6.45, 7) is -0.0948. The van der Waals surface area contributed by atoms with E-state index in [9.17, 15) is 4.79 Å². The van der Waals surface area contributed by atoms with Gasteiger partial charge in [-0.15, -0.1) is 0 Å². The molecule has 1 fully saturated rings. The summed E-state index contributed by atoms with van der Waals surface area (Å²) >= 11 is 0. The van der Waals surface area contributed by atoms with Crippen LogP contribution in [0.25, 0.3) is 0 Å². The molecule has 6 nitrogen and oxygen atoms in total. The molecule has 1 aliphatic carbocycles.